The van der Waals surface area contributed by atoms with Crippen molar-refractivity contribution in [2.24, 2.45) is 0 Å². The minimum atomic E-state index is -0.0721. The van der Waals surface area contributed by atoms with Crippen molar-refractivity contribution in [1.29, 1.82) is 0 Å². The maximum absolute atomic E-state index is 12.5. The molecule has 21 heavy (non-hydrogen) atoms. The van der Waals surface area contributed by atoms with E-state index in [0.29, 0.717) is 12.4 Å². The van der Waals surface area contributed by atoms with Gasteiger partial charge < -0.3 is 10.1 Å². The van der Waals surface area contributed by atoms with Crippen molar-refractivity contribution in [3.05, 3.63) is 54.1 Å². The number of carbonyl (C=O) groups is 1. The summed E-state index contributed by atoms with van der Waals surface area (Å²) in [4.78, 5) is 13.7. The Balaban J connectivity index is 1.71. The highest BCUT2D eigenvalue weighted by atomic mass is 32.2. The average Bonchev–Trinajstić information content (AvgIpc) is 2.93. The predicted octanol–water partition coefficient (Wildman–Crippen LogP) is 3.74. The molecule has 2 aromatic rings. The lowest BCUT2D eigenvalue weighted by Crippen LogP contribution is -2.24. The summed E-state index contributed by atoms with van der Waals surface area (Å²) in [6.45, 7) is 2.51. The molecule has 1 amide bonds. The number of hydrogen-bond donors (Lipinski definition) is 1. The molecule has 3 nitrogen and oxygen atoms in total. The smallest absolute Gasteiger partial charge is 0.238 e. The molecule has 1 N–H and O–H groups in total. The van der Waals surface area contributed by atoms with Crippen molar-refractivity contribution in [2.75, 3.05) is 11.9 Å². The highest BCUT2D eigenvalue weighted by molar-refractivity contribution is 8.01. The second kappa shape index (κ2) is 6.22. The number of ether oxygens (including phenoxy) is 1. The zero-order chi connectivity index (χ0) is 14.7. The number of rotatable bonds is 4. The summed E-state index contributed by atoms with van der Waals surface area (Å²) in [5, 5.41) is 2.92. The minimum Gasteiger partial charge on any atom is -0.492 e. The second-order valence-electron chi connectivity index (χ2n) is 4.84. The van der Waals surface area contributed by atoms with Gasteiger partial charge in [-0.3, -0.25) is 4.79 Å². The standard InChI is InChI=1S/C17H17NO2S/c1-2-20-14-9-5-4-8-13(14)18-17(19)16-11-12-7-3-6-10-15(12)21-16/h3-10,16H,2,11H2,1H3,(H,18,19). The third-order valence-electron chi connectivity index (χ3n) is 3.38. The van der Waals surface area contributed by atoms with Crippen LogP contribution >= 0.6 is 11.8 Å². The van der Waals surface area contributed by atoms with Crippen LogP contribution in [-0.4, -0.2) is 17.8 Å². The van der Waals surface area contributed by atoms with Gasteiger partial charge in [-0.1, -0.05) is 30.3 Å². The average molecular weight is 299 g/mol. The van der Waals surface area contributed by atoms with Gasteiger partial charge in [-0.2, -0.15) is 0 Å². The first-order valence-electron chi connectivity index (χ1n) is 7.05. The van der Waals surface area contributed by atoms with Gasteiger partial charge in [-0.25, -0.2) is 0 Å². The SMILES string of the molecule is CCOc1ccccc1NC(=O)C1Cc2ccccc2S1. The minimum absolute atomic E-state index is 0.0309. The second-order valence-corrected chi connectivity index (χ2v) is 6.08. The Bertz CT molecular complexity index is 632. The van der Waals surface area contributed by atoms with Gasteiger partial charge in [0.15, 0.2) is 0 Å². The molecule has 1 aliphatic rings. The summed E-state index contributed by atoms with van der Waals surface area (Å²) in [6, 6.07) is 15.7. The highest BCUT2D eigenvalue weighted by Gasteiger charge is 2.28. The van der Waals surface area contributed by atoms with E-state index in [4.69, 9.17) is 4.74 Å². The Morgan fingerprint density at radius 2 is 2.00 bits per heavy atom. The van der Waals surface area contributed by atoms with Gasteiger partial charge in [0.05, 0.1) is 17.5 Å². The summed E-state index contributed by atoms with van der Waals surface area (Å²) in [5.41, 5.74) is 1.99. The molecule has 1 atom stereocenters. The van der Waals surface area contributed by atoms with Crippen molar-refractivity contribution in [3.8, 4) is 5.75 Å². The maximum Gasteiger partial charge on any atom is 0.238 e. The molecule has 0 radical (unpaired) electrons. The number of amides is 1. The Morgan fingerprint density at radius 3 is 2.81 bits per heavy atom. The van der Waals surface area contributed by atoms with E-state index in [1.165, 1.54) is 10.5 Å². The molecule has 2 aromatic carbocycles. The molecule has 108 valence electrons. The van der Waals surface area contributed by atoms with Crippen LogP contribution in [0.3, 0.4) is 0 Å². The highest BCUT2D eigenvalue weighted by Crippen LogP contribution is 2.37. The molecular formula is C17H17NO2S. The number of benzene rings is 2. The summed E-state index contributed by atoms with van der Waals surface area (Å²) in [5.74, 6) is 0.747. The molecule has 0 aromatic heterocycles. The van der Waals surface area contributed by atoms with E-state index in [1.807, 2.05) is 43.3 Å². The predicted molar refractivity (Wildman–Crippen MR) is 86.0 cm³/mol. The maximum atomic E-state index is 12.5. The number of nitrogens with one attached hydrogen (secondary N) is 1. The Labute approximate surface area is 128 Å². The van der Waals surface area contributed by atoms with E-state index >= 15 is 0 Å². The first-order valence-corrected chi connectivity index (χ1v) is 7.93. The molecule has 3 rings (SSSR count). The van der Waals surface area contributed by atoms with Gasteiger partial charge >= 0.3 is 0 Å². The van der Waals surface area contributed by atoms with E-state index in [9.17, 15) is 4.79 Å². The van der Waals surface area contributed by atoms with Gasteiger partial charge in [0.2, 0.25) is 5.91 Å². The van der Waals surface area contributed by atoms with Crippen molar-refractivity contribution >= 4 is 23.4 Å². The number of carbonyl (C=O) groups excluding carboxylic acids is 1. The van der Waals surface area contributed by atoms with Crippen LogP contribution in [0, 0.1) is 0 Å². The number of fused-ring (bicyclic) bond motifs is 1. The van der Waals surface area contributed by atoms with Gasteiger partial charge in [-0.05, 0) is 37.1 Å². The fraction of sp³-hybridized carbons (Fsp3) is 0.235. The third kappa shape index (κ3) is 3.05. The van der Waals surface area contributed by atoms with Crippen LogP contribution in [0.25, 0.3) is 0 Å². The summed E-state index contributed by atoms with van der Waals surface area (Å²) < 4.78 is 5.54. The molecule has 0 aliphatic carbocycles. The first kappa shape index (κ1) is 14.0. The third-order valence-corrected chi connectivity index (χ3v) is 4.70. The fourth-order valence-corrected chi connectivity index (χ4v) is 3.59. The zero-order valence-electron chi connectivity index (χ0n) is 11.8. The molecular weight excluding hydrogens is 282 g/mol. The van der Waals surface area contributed by atoms with E-state index in [0.717, 1.165) is 12.1 Å². The molecule has 1 unspecified atom stereocenters. The molecule has 4 heteroatoms. The number of para-hydroxylation sites is 2. The van der Waals surface area contributed by atoms with Crippen molar-refractivity contribution in [1.82, 2.24) is 0 Å². The van der Waals surface area contributed by atoms with Gasteiger partial charge in [-0.15, -0.1) is 11.8 Å². The lowest BCUT2D eigenvalue weighted by Gasteiger charge is -2.13. The monoisotopic (exact) mass is 299 g/mol. The van der Waals surface area contributed by atoms with Crippen LogP contribution in [0.2, 0.25) is 0 Å². The van der Waals surface area contributed by atoms with E-state index in [1.54, 1.807) is 11.8 Å². The normalized spacial score (nSPS) is 16.3. The lowest BCUT2D eigenvalue weighted by molar-refractivity contribution is -0.115. The van der Waals surface area contributed by atoms with Crippen molar-refractivity contribution < 1.29 is 9.53 Å². The van der Waals surface area contributed by atoms with E-state index < -0.39 is 0 Å². The lowest BCUT2D eigenvalue weighted by atomic mass is 10.1. The fourth-order valence-electron chi connectivity index (χ4n) is 2.39. The molecule has 0 fully saturated rings. The quantitative estimate of drug-likeness (QED) is 0.934. The van der Waals surface area contributed by atoms with Crippen LogP contribution in [0.4, 0.5) is 5.69 Å². The van der Waals surface area contributed by atoms with Gasteiger partial charge in [0, 0.05) is 4.90 Å². The molecule has 0 saturated heterocycles. The van der Waals surface area contributed by atoms with Crippen LogP contribution in [-0.2, 0) is 11.2 Å². The Hall–Kier alpha value is -1.94. The van der Waals surface area contributed by atoms with E-state index in [-0.39, 0.29) is 11.2 Å². The molecule has 1 aliphatic heterocycles. The van der Waals surface area contributed by atoms with Crippen LogP contribution in [0.5, 0.6) is 5.75 Å². The van der Waals surface area contributed by atoms with Gasteiger partial charge in [0.1, 0.15) is 5.75 Å². The number of thioether (sulfide) groups is 1. The van der Waals surface area contributed by atoms with Gasteiger partial charge in [0.25, 0.3) is 0 Å². The molecule has 1 heterocycles. The van der Waals surface area contributed by atoms with Crippen LogP contribution in [0.1, 0.15) is 12.5 Å². The summed E-state index contributed by atoms with van der Waals surface area (Å²) in [6.07, 6.45) is 0.781. The molecule has 0 spiro atoms. The Kier molecular flexibility index (Phi) is 4.15. The summed E-state index contributed by atoms with van der Waals surface area (Å²) in [7, 11) is 0. The van der Waals surface area contributed by atoms with E-state index in [2.05, 4.69) is 17.4 Å². The van der Waals surface area contributed by atoms with Crippen molar-refractivity contribution in [3.63, 3.8) is 0 Å². The van der Waals surface area contributed by atoms with Crippen molar-refractivity contribution in [2.45, 2.75) is 23.5 Å². The Morgan fingerprint density at radius 1 is 1.24 bits per heavy atom. The topological polar surface area (TPSA) is 38.3 Å². The first-order chi connectivity index (χ1) is 10.3. The largest absolute Gasteiger partial charge is 0.492 e. The van der Waals surface area contributed by atoms with Crippen LogP contribution in [0.15, 0.2) is 53.4 Å². The zero-order valence-corrected chi connectivity index (χ0v) is 12.7. The number of hydrogen-bond acceptors (Lipinski definition) is 3. The van der Waals surface area contributed by atoms with Crippen LogP contribution < -0.4 is 10.1 Å². The number of anilines is 1. The molecule has 0 saturated carbocycles. The molecule has 0 bridgehead atoms. The summed E-state index contributed by atoms with van der Waals surface area (Å²) >= 11 is 1.63.